The summed E-state index contributed by atoms with van der Waals surface area (Å²) in [5.74, 6) is 5.95. The normalized spacial score (nSPS) is 15.5. The summed E-state index contributed by atoms with van der Waals surface area (Å²) in [5.41, 5.74) is 0.325. The highest BCUT2D eigenvalue weighted by atomic mass is 16.3. The molecule has 0 fully saturated rings. The molecule has 0 heterocycles. The van der Waals surface area contributed by atoms with Crippen molar-refractivity contribution in [1.29, 1.82) is 0 Å². The summed E-state index contributed by atoms with van der Waals surface area (Å²) in [6, 6.07) is 6.91. The van der Waals surface area contributed by atoms with Crippen molar-refractivity contribution in [2.24, 2.45) is 5.41 Å². The number of hydrogen-bond donors (Lipinski definition) is 1. The molecule has 1 aromatic rings. The van der Waals surface area contributed by atoms with Crippen LogP contribution in [0.5, 0.6) is 5.75 Å². The molecule has 2 heteroatoms. The minimum absolute atomic E-state index is 0.0563. The Labute approximate surface area is 82.6 Å². The molecule has 1 N–H and O–H groups in total. The number of hydrogen-bond acceptors (Lipinski definition) is 2. The highest BCUT2D eigenvalue weighted by Gasteiger charge is 2.39. The number of aromatic hydroxyl groups is 1. The van der Waals surface area contributed by atoms with E-state index in [2.05, 4.69) is 11.8 Å². The zero-order valence-electron chi connectivity index (χ0n) is 7.87. The lowest BCUT2D eigenvalue weighted by molar-refractivity contribution is -0.120. The number of benzene rings is 1. The molecule has 0 bridgehead atoms. The molecular formula is C12H10O2. The maximum absolute atomic E-state index is 11.2. The first-order valence-corrected chi connectivity index (χ1v) is 4.46. The monoisotopic (exact) mass is 186 g/mol. The van der Waals surface area contributed by atoms with E-state index in [9.17, 15) is 9.90 Å². The van der Waals surface area contributed by atoms with Gasteiger partial charge in [0.25, 0.3) is 0 Å². The van der Waals surface area contributed by atoms with E-state index in [0.717, 1.165) is 5.56 Å². The van der Waals surface area contributed by atoms with Gasteiger partial charge in [0, 0.05) is 6.42 Å². The predicted octanol–water partition coefficient (Wildman–Crippen LogP) is 1.53. The molecular weight excluding hydrogens is 176 g/mol. The average molecular weight is 186 g/mol. The molecule has 0 aromatic heterocycles. The molecule has 0 spiro atoms. The fourth-order valence-corrected chi connectivity index (χ4v) is 1.44. The predicted molar refractivity (Wildman–Crippen MR) is 52.7 cm³/mol. The second-order valence-corrected chi connectivity index (χ2v) is 3.56. The van der Waals surface area contributed by atoms with Gasteiger partial charge in [-0.2, -0.15) is 0 Å². The SMILES string of the molecule is CC(=O)C1(Cc2cccc(O)c2)C#C1. The average Bonchev–Trinajstić information content (AvgIpc) is 2.85. The molecule has 1 aliphatic carbocycles. The highest BCUT2D eigenvalue weighted by Crippen LogP contribution is 2.31. The van der Waals surface area contributed by atoms with Gasteiger partial charge in [0.1, 0.15) is 5.75 Å². The molecule has 0 aliphatic heterocycles. The van der Waals surface area contributed by atoms with Crippen LogP contribution in [0, 0.1) is 17.3 Å². The number of rotatable bonds is 3. The lowest BCUT2D eigenvalue weighted by Gasteiger charge is -2.09. The Morgan fingerprint density at radius 3 is 2.71 bits per heavy atom. The van der Waals surface area contributed by atoms with Gasteiger partial charge >= 0.3 is 0 Å². The quantitative estimate of drug-likeness (QED) is 0.727. The number of carbonyl (C=O) groups is 1. The Bertz CT molecular complexity index is 441. The van der Waals surface area contributed by atoms with Gasteiger partial charge in [0.2, 0.25) is 0 Å². The van der Waals surface area contributed by atoms with Crippen molar-refractivity contribution >= 4 is 5.78 Å². The first-order valence-electron chi connectivity index (χ1n) is 4.46. The third kappa shape index (κ3) is 1.49. The topological polar surface area (TPSA) is 37.3 Å². The molecule has 0 saturated carbocycles. The molecule has 14 heavy (non-hydrogen) atoms. The summed E-state index contributed by atoms with van der Waals surface area (Å²) in [5, 5.41) is 9.24. The van der Waals surface area contributed by atoms with E-state index in [1.54, 1.807) is 18.2 Å². The summed E-state index contributed by atoms with van der Waals surface area (Å²) >= 11 is 0. The third-order valence-corrected chi connectivity index (χ3v) is 2.41. The fourth-order valence-electron chi connectivity index (χ4n) is 1.44. The van der Waals surface area contributed by atoms with Crippen molar-refractivity contribution in [1.82, 2.24) is 0 Å². The van der Waals surface area contributed by atoms with Crippen LogP contribution >= 0.6 is 0 Å². The van der Waals surface area contributed by atoms with Crippen LogP contribution in [0.4, 0.5) is 0 Å². The van der Waals surface area contributed by atoms with E-state index in [-0.39, 0.29) is 11.5 Å². The maximum atomic E-state index is 11.2. The number of Topliss-reactive ketones (excluding diaryl/α,β-unsaturated/α-hetero) is 1. The van der Waals surface area contributed by atoms with Gasteiger partial charge in [-0.1, -0.05) is 24.0 Å². The largest absolute Gasteiger partial charge is 0.508 e. The smallest absolute Gasteiger partial charge is 0.160 e. The number of phenols is 1. The molecule has 1 aliphatic rings. The van der Waals surface area contributed by atoms with E-state index in [1.165, 1.54) is 6.92 Å². The van der Waals surface area contributed by atoms with Gasteiger partial charge in [-0.15, -0.1) is 0 Å². The number of ketones is 1. The minimum atomic E-state index is -0.603. The van der Waals surface area contributed by atoms with Gasteiger partial charge in [-0.25, -0.2) is 0 Å². The molecule has 2 rings (SSSR count). The first kappa shape index (κ1) is 8.83. The third-order valence-electron chi connectivity index (χ3n) is 2.41. The van der Waals surface area contributed by atoms with E-state index >= 15 is 0 Å². The van der Waals surface area contributed by atoms with E-state index in [0.29, 0.717) is 6.42 Å². The zero-order valence-corrected chi connectivity index (χ0v) is 7.87. The molecule has 0 amide bonds. The molecule has 0 unspecified atom stereocenters. The van der Waals surface area contributed by atoms with Gasteiger partial charge in [0.15, 0.2) is 11.2 Å². The van der Waals surface area contributed by atoms with Crippen molar-refractivity contribution in [3.8, 4) is 17.6 Å². The Hall–Kier alpha value is -1.75. The molecule has 0 saturated heterocycles. The molecule has 70 valence electrons. The van der Waals surface area contributed by atoms with Crippen LogP contribution in [0.3, 0.4) is 0 Å². The van der Waals surface area contributed by atoms with Crippen molar-refractivity contribution in [2.75, 3.05) is 0 Å². The summed E-state index contributed by atoms with van der Waals surface area (Å²) < 4.78 is 0. The Morgan fingerprint density at radius 2 is 2.21 bits per heavy atom. The van der Waals surface area contributed by atoms with Crippen LogP contribution in [0.15, 0.2) is 24.3 Å². The van der Waals surface area contributed by atoms with Crippen LogP contribution in [0.2, 0.25) is 0 Å². The Kier molecular flexibility index (Phi) is 1.82. The van der Waals surface area contributed by atoms with Crippen molar-refractivity contribution < 1.29 is 9.90 Å². The van der Waals surface area contributed by atoms with E-state index in [4.69, 9.17) is 0 Å². The van der Waals surface area contributed by atoms with Crippen LogP contribution in [-0.4, -0.2) is 10.9 Å². The zero-order chi connectivity index (χ0) is 10.2. The van der Waals surface area contributed by atoms with Crippen molar-refractivity contribution in [3.63, 3.8) is 0 Å². The van der Waals surface area contributed by atoms with Gasteiger partial charge < -0.3 is 5.11 Å². The summed E-state index contributed by atoms with van der Waals surface area (Å²) in [6.07, 6.45) is 0.552. The van der Waals surface area contributed by atoms with Crippen LogP contribution < -0.4 is 0 Å². The Balaban J connectivity index is 2.16. The number of carbonyl (C=O) groups excluding carboxylic acids is 1. The van der Waals surface area contributed by atoms with Crippen LogP contribution in [0.25, 0.3) is 0 Å². The van der Waals surface area contributed by atoms with E-state index in [1.807, 2.05) is 6.07 Å². The Morgan fingerprint density at radius 1 is 1.50 bits per heavy atom. The van der Waals surface area contributed by atoms with Crippen molar-refractivity contribution in [3.05, 3.63) is 29.8 Å². The van der Waals surface area contributed by atoms with Crippen molar-refractivity contribution in [2.45, 2.75) is 13.3 Å². The number of phenolic OH excluding ortho intramolecular Hbond substituents is 1. The van der Waals surface area contributed by atoms with Gasteiger partial charge in [0.05, 0.1) is 0 Å². The van der Waals surface area contributed by atoms with Gasteiger partial charge in [-0.3, -0.25) is 4.79 Å². The standard InChI is InChI=1S/C12H10O2/c1-9(13)12(5-6-12)8-10-3-2-4-11(14)7-10/h2-4,7,14H,8H2,1H3. The summed E-state index contributed by atoms with van der Waals surface area (Å²) in [4.78, 5) is 11.2. The van der Waals surface area contributed by atoms with Crippen LogP contribution in [0.1, 0.15) is 12.5 Å². The van der Waals surface area contributed by atoms with Crippen LogP contribution in [-0.2, 0) is 11.2 Å². The maximum Gasteiger partial charge on any atom is 0.160 e. The second kappa shape index (κ2) is 2.88. The second-order valence-electron chi connectivity index (χ2n) is 3.56. The first-order chi connectivity index (χ1) is 6.62. The molecule has 2 nitrogen and oxygen atoms in total. The molecule has 0 radical (unpaired) electrons. The summed E-state index contributed by atoms with van der Waals surface area (Å²) in [6.45, 7) is 1.54. The lowest BCUT2D eigenvalue weighted by Crippen LogP contribution is -2.19. The van der Waals surface area contributed by atoms with Gasteiger partial charge in [-0.05, 0) is 24.6 Å². The highest BCUT2D eigenvalue weighted by molar-refractivity contribution is 5.94. The molecule has 1 aromatic carbocycles. The lowest BCUT2D eigenvalue weighted by atomic mass is 9.89. The van der Waals surface area contributed by atoms with E-state index < -0.39 is 5.41 Å². The molecule has 0 atom stereocenters. The minimum Gasteiger partial charge on any atom is -0.508 e. The summed E-state index contributed by atoms with van der Waals surface area (Å²) in [7, 11) is 0. The fraction of sp³-hybridized carbons (Fsp3) is 0.250.